The van der Waals surface area contributed by atoms with Crippen LogP contribution < -0.4 is 10.5 Å². The molecule has 132 valence electrons. The van der Waals surface area contributed by atoms with Crippen molar-refractivity contribution in [3.05, 3.63) is 72.6 Å². The minimum atomic E-state index is 0.0123. The van der Waals surface area contributed by atoms with Gasteiger partial charge in [0.05, 0.1) is 11.8 Å². The molecule has 3 rings (SSSR count). The Morgan fingerprint density at radius 2 is 1.85 bits per heavy atom. The van der Waals surface area contributed by atoms with Gasteiger partial charge in [-0.25, -0.2) is 4.99 Å². The first-order valence-electron chi connectivity index (χ1n) is 8.38. The summed E-state index contributed by atoms with van der Waals surface area (Å²) in [5.41, 5.74) is 9.25. The quantitative estimate of drug-likeness (QED) is 0.533. The van der Waals surface area contributed by atoms with Gasteiger partial charge in [0.1, 0.15) is 23.0 Å². The Morgan fingerprint density at radius 3 is 2.50 bits per heavy atom. The molecule has 5 nitrogen and oxygen atoms in total. The summed E-state index contributed by atoms with van der Waals surface area (Å²) >= 11 is 0. The lowest BCUT2D eigenvalue weighted by atomic mass is 10.0. The highest BCUT2D eigenvalue weighted by molar-refractivity contribution is 5.97. The highest BCUT2D eigenvalue weighted by Crippen LogP contribution is 2.35. The number of hydrogen-bond donors (Lipinski definition) is 2. The van der Waals surface area contributed by atoms with E-state index >= 15 is 0 Å². The fraction of sp³-hybridized carbons (Fsp3) is 0.143. The number of rotatable bonds is 5. The average molecular weight is 347 g/mol. The number of benzene rings is 2. The first-order chi connectivity index (χ1) is 12.5. The molecule has 1 aromatic heterocycles. The number of aromatic nitrogens is 1. The molecule has 0 aliphatic rings. The van der Waals surface area contributed by atoms with E-state index in [1.165, 1.54) is 0 Å². The Hall–Kier alpha value is -3.34. The van der Waals surface area contributed by atoms with Gasteiger partial charge in [0, 0.05) is 17.8 Å². The molecule has 0 unspecified atom stereocenters. The van der Waals surface area contributed by atoms with Crippen LogP contribution in [-0.2, 0) is 0 Å². The minimum absolute atomic E-state index is 0.0123. The Balaban J connectivity index is 2.00. The Bertz CT molecular complexity index is 904. The number of phenolic OH excluding ortho intramolecular Hbond substituents is 1. The lowest BCUT2D eigenvalue weighted by molar-refractivity contribution is 0.243. The molecule has 0 saturated heterocycles. The smallest absolute Gasteiger partial charge is 0.150 e. The second-order valence-corrected chi connectivity index (χ2v) is 6.11. The van der Waals surface area contributed by atoms with Gasteiger partial charge >= 0.3 is 0 Å². The monoisotopic (exact) mass is 347 g/mol. The number of amidine groups is 1. The summed E-state index contributed by atoms with van der Waals surface area (Å²) in [6, 6.07) is 18.2. The molecule has 5 heteroatoms. The standard InChI is InChI=1S/C21H21N3O2/c1-14(2)26-20-13-16(24-21(22)19-5-3-4-12-23-19)8-11-18(20)15-6-9-17(25)10-7-15/h3-14,25H,1-2H3,(H2,22,24). The van der Waals surface area contributed by atoms with Crippen molar-refractivity contribution in [3.63, 3.8) is 0 Å². The zero-order valence-corrected chi connectivity index (χ0v) is 14.8. The van der Waals surface area contributed by atoms with Crippen LogP contribution in [0.15, 0.2) is 71.9 Å². The molecule has 26 heavy (non-hydrogen) atoms. The van der Waals surface area contributed by atoms with Crippen LogP contribution in [0.4, 0.5) is 5.69 Å². The van der Waals surface area contributed by atoms with Gasteiger partial charge in [0.2, 0.25) is 0 Å². The summed E-state index contributed by atoms with van der Waals surface area (Å²) in [6.07, 6.45) is 1.69. The van der Waals surface area contributed by atoms with E-state index in [1.807, 2.05) is 62.4 Å². The normalized spacial score (nSPS) is 11.6. The second-order valence-electron chi connectivity index (χ2n) is 6.11. The van der Waals surface area contributed by atoms with Crippen molar-refractivity contribution in [2.45, 2.75) is 20.0 Å². The van der Waals surface area contributed by atoms with Gasteiger partial charge in [0.25, 0.3) is 0 Å². The number of nitrogens with zero attached hydrogens (tertiary/aromatic N) is 2. The topological polar surface area (TPSA) is 80.7 Å². The first kappa shape index (κ1) is 17.5. The fourth-order valence-corrected chi connectivity index (χ4v) is 2.52. The maximum Gasteiger partial charge on any atom is 0.150 e. The second kappa shape index (κ2) is 7.70. The summed E-state index contributed by atoms with van der Waals surface area (Å²) < 4.78 is 5.97. The number of aliphatic imine (C=N–C) groups is 1. The molecule has 0 atom stereocenters. The van der Waals surface area contributed by atoms with Gasteiger partial charge in [0.15, 0.2) is 0 Å². The zero-order chi connectivity index (χ0) is 18.5. The molecule has 0 aliphatic heterocycles. The average Bonchev–Trinajstić information content (AvgIpc) is 2.63. The Kier molecular flexibility index (Phi) is 5.17. The van der Waals surface area contributed by atoms with E-state index in [2.05, 4.69) is 9.98 Å². The Labute approximate surface area is 152 Å². The van der Waals surface area contributed by atoms with E-state index in [1.54, 1.807) is 18.3 Å². The van der Waals surface area contributed by atoms with Crippen molar-refractivity contribution in [1.82, 2.24) is 4.98 Å². The molecule has 1 heterocycles. The van der Waals surface area contributed by atoms with Gasteiger partial charge < -0.3 is 15.6 Å². The predicted octanol–water partition coefficient (Wildman–Crippen LogP) is 4.28. The summed E-state index contributed by atoms with van der Waals surface area (Å²) in [6.45, 7) is 3.94. The first-order valence-corrected chi connectivity index (χ1v) is 8.38. The summed E-state index contributed by atoms with van der Waals surface area (Å²) in [7, 11) is 0. The molecule has 3 aromatic rings. The van der Waals surface area contributed by atoms with E-state index in [9.17, 15) is 5.11 Å². The van der Waals surface area contributed by atoms with Crippen molar-refractivity contribution in [2.24, 2.45) is 10.7 Å². The third kappa shape index (κ3) is 4.19. The van der Waals surface area contributed by atoms with Gasteiger partial charge in [-0.05, 0) is 55.8 Å². The lowest BCUT2D eigenvalue weighted by Gasteiger charge is -2.15. The molecule has 0 spiro atoms. The van der Waals surface area contributed by atoms with E-state index in [4.69, 9.17) is 10.5 Å². The van der Waals surface area contributed by atoms with Gasteiger partial charge in [-0.15, -0.1) is 0 Å². The third-order valence-electron chi connectivity index (χ3n) is 3.68. The molecule has 0 fully saturated rings. The molecular formula is C21H21N3O2. The molecule has 0 aliphatic carbocycles. The molecular weight excluding hydrogens is 326 g/mol. The van der Waals surface area contributed by atoms with Crippen LogP contribution in [0.1, 0.15) is 19.5 Å². The summed E-state index contributed by atoms with van der Waals surface area (Å²) in [4.78, 5) is 8.67. The predicted molar refractivity (Wildman–Crippen MR) is 104 cm³/mol. The van der Waals surface area contributed by atoms with Crippen molar-refractivity contribution in [2.75, 3.05) is 0 Å². The van der Waals surface area contributed by atoms with Gasteiger partial charge in [-0.1, -0.05) is 18.2 Å². The zero-order valence-electron chi connectivity index (χ0n) is 14.8. The van der Waals surface area contributed by atoms with Crippen LogP contribution in [0, 0.1) is 0 Å². The number of pyridine rings is 1. The molecule has 0 amide bonds. The lowest BCUT2D eigenvalue weighted by Crippen LogP contribution is -2.14. The van der Waals surface area contributed by atoms with Crippen molar-refractivity contribution in [3.8, 4) is 22.6 Å². The largest absolute Gasteiger partial charge is 0.508 e. The maximum absolute atomic E-state index is 9.50. The van der Waals surface area contributed by atoms with Crippen LogP contribution >= 0.6 is 0 Å². The Morgan fingerprint density at radius 1 is 1.08 bits per heavy atom. The number of ether oxygens (including phenoxy) is 1. The van der Waals surface area contributed by atoms with Crippen LogP contribution in [0.5, 0.6) is 11.5 Å². The summed E-state index contributed by atoms with van der Waals surface area (Å²) in [5.74, 6) is 1.28. The van der Waals surface area contributed by atoms with E-state index in [0.717, 1.165) is 11.1 Å². The van der Waals surface area contributed by atoms with E-state index < -0.39 is 0 Å². The number of aromatic hydroxyl groups is 1. The molecule has 0 radical (unpaired) electrons. The van der Waals surface area contributed by atoms with Crippen LogP contribution in [0.3, 0.4) is 0 Å². The van der Waals surface area contributed by atoms with Crippen LogP contribution in [0.2, 0.25) is 0 Å². The van der Waals surface area contributed by atoms with Gasteiger partial charge in [-0.2, -0.15) is 0 Å². The number of nitrogens with two attached hydrogens (primary N) is 1. The minimum Gasteiger partial charge on any atom is -0.508 e. The van der Waals surface area contributed by atoms with Crippen molar-refractivity contribution < 1.29 is 9.84 Å². The molecule has 2 aromatic carbocycles. The highest BCUT2D eigenvalue weighted by atomic mass is 16.5. The van der Waals surface area contributed by atoms with Crippen molar-refractivity contribution in [1.29, 1.82) is 0 Å². The SMILES string of the molecule is CC(C)Oc1cc(N=C(N)c2ccccn2)ccc1-c1ccc(O)cc1. The fourth-order valence-electron chi connectivity index (χ4n) is 2.52. The molecule has 3 N–H and O–H groups in total. The molecule has 0 saturated carbocycles. The van der Waals surface area contributed by atoms with Crippen LogP contribution in [-0.4, -0.2) is 22.0 Å². The summed E-state index contributed by atoms with van der Waals surface area (Å²) in [5, 5.41) is 9.50. The molecule has 0 bridgehead atoms. The number of phenols is 1. The van der Waals surface area contributed by atoms with Crippen LogP contribution in [0.25, 0.3) is 11.1 Å². The van der Waals surface area contributed by atoms with Gasteiger partial charge in [-0.3, -0.25) is 4.98 Å². The number of hydrogen-bond acceptors (Lipinski definition) is 4. The highest BCUT2D eigenvalue weighted by Gasteiger charge is 2.10. The maximum atomic E-state index is 9.50. The van der Waals surface area contributed by atoms with Crippen molar-refractivity contribution >= 4 is 11.5 Å². The third-order valence-corrected chi connectivity index (χ3v) is 3.68. The van der Waals surface area contributed by atoms with E-state index in [-0.39, 0.29) is 11.9 Å². The van der Waals surface area contributed by atoms with E-state index in [0.29, 0.717) is 23.0 Å².